The molecule has 2 aromatic carbocycles. The minimum atomic E-state index is -0.143. The van der Waals surface area contributed by atoms with Crippen molar-refractivity contribution in [3.63, 3.8) is 0 Å². The summed E-state index contributed by atoms with van der Waals surface area (Å²) in [7, 11) is 1.68. The van der Waals surface area contributed by atoms with Crippen molar-refractivity contribution in [1.29, 1.82) is 0 Å². The fraction of sp³-hybridized carbons (Fsp3) is 0.143. The average molecular weight is 213 g/mol. The van der Waals surface area contributed by atoms with Crippen molar-refractivity contribution in [2.45, 2.75) is 6.04 Å². The Morgan fingerprint density at radius 2 is 1.88 bits per heavy atom. The predicted molar refractivity (Wildman–Crippen MR) is 67.6 cm³/mol. The van der Waals surface area contributed by atoms with Gasteiger partial charge in [0.1, 0.15) is 5.75 Å². The van der Waals surface area contributed by atoms with E-state index in [9.17, 15) is 0 Å². The molecule has 0 bridgehead atoms. The Kier molecular flexibility index (Phi) is 2.93. The predicted octanol–water partition coefficient (Wildman–Crippen LogP) is 3.03. The van der Waals surface area contributed by atoms with Crippen molar-refractivity contribution in [1.82, 2.24) is 0 Å². The van der Waals surface area contributed by atoms with Gasteiger partial charge in [-0.3, -0.25) is 0 Å². The first kappa shape index (κ1) is 10.7. The maximum Gasteiger partial charge on any atom is 0.126 e. The van der Waals surface area contributed by atoms with Crippen molar-refractivity contribution in [2.24, 2.45) is 5.73 Å². The first-order valence-corrected chi connectivity index (χ1v) is 5.21. The zero-order chi connectivity index (χ0) is 11.5. The van der Waals surface area contributed by atoms with Crippen molar-refractivity contribution >= 4 is 10.8 Å². The first-order chi connectivity index (χ1) is 7.77. The van der Waals surface area contributed by atoms with E-state index < -0.39 is 0 Å². The second-order valence-electron chi connectivity index (χ2n) is 3.66. The lowest BCUT2D eigenvalue weighted by molar-refractivity contribution is 0.419. The molecule has 2 aromatic rings. The fourth-order valence-corrected chi connectivity index (χ4v) is 1.89. The van der Waals surface area contributed by atoms with E-state index in [-0.39, 0.29) is 6.04 Å². The summed E-state index contributed by atoms with van der Waals surface area (Å²) in [6.45, 7) is 3.73. The number of methoxy groups -OCH3 is 1. The highest BCUT2D eigenvalue weighted by Crippen LogP contribution is 2.30. The van der Waals surface area contributed by atoms with Gasteiger partial charge in [0.2, 0.25) is 0 Å². The third kappa shape index (κ3) is 1.68. The molecular weight excluding hydrogens is 198 g/mol. The van der Waals surface area contributed by atoms with Crippen LogP contribution < -0.4 is 10.5 Å². The summed E-state index contributed by atoms with van der Waals surface area (Å²) < 4.78 is 5.33. The van der Waals surface area contributed by atoms with Gasteiger partial charge in [0.05, 0.1) is 7.11 Å². The number of fused-ring (bicyclic) bond motifs is 1. The topological polar surface area (TPSA) is 35.2 Å². The standard InChI is InChI=1S/C14H15NO/c1-3-13(15)11-8-9-14(16-2)12-7-5-4-6-10(11)12/h3-9,13H,1,15H2,2H3/t13-/m1/s1. The smallest absolute Gasteiger partial charge is 0.126 e. The lowest BCUT2D eigenvalue weighted by Gasteiger charge is -2.13. The molecule has 0 radical (unpaired) electrons. The molecular formula is C14H15NO. The third-order valence-electron chi connectivity index (χ3n) is 2.75. The molecule has 2 rings (SSSR count). The van der Waals surface area contributed by atoms with Crippen LogP contribution in [-0.2, 0) is 0 Å². The summed E-state index contributed by atoms with van der Waals surface area (Å²) >= 11 is 0. The Morgan fingerprint density at radius 1 is 1.19 bits per heavy atom. The van der Waals surface area contributed by atoms with Gasteiger partial charge in [-0.15, -0.1) is 6.58 Å². The number of ether oxygens (including phenoxy) is 1. The lowest BCUT2D eigenvalue weighted by Crippen LogP contribution is -2.07. The maximum atomic E-state index is 5.99. The van der Waals surface area contributed by atoms with Gasteiger partial charge in [-0.1, -0.05) is 36.4 Å². The van der Waals surface area contributed by atoms with Gasteiger partial charge in [-0.2, -0.15) is 0 Å². The second-order valence-corrected chi connectivity index (χ2v) is 3.66. The van der Waals surface area contributed by atoms with Crippen molar-refractivity contribution in [3.8, 4) is 5.75 Å². The third-order valence-corrected chi connectivity index (χ3v) is 2.75. The van der Waals surface area contributed by atoms with Crippen molar-refractivity contribution in [2.75, 3.05) is 7.11 Å². The van der Waals surface area contributed by atoms with Gasteiger partial charge in [0, 0.05) is 11.4 Å². The van der Waals surface area contributed by atoms with E-state index in [2.05, 4.69) is 12.6 Å². The van der Waals surface area contributed by atoms with Crippen LogP contribution in [0.5, 0.6) is 5.75 Å². The van der Waals surface area contributed by atoms with Crippen LogP contribution in [0.3, 0.4) is 0 Å². The zero-order valence-electron chi connectivity index (χ0n) is 9.31. The highest BCUT2D eigenvalue weighted by molar-refractivity contribution is 5.91. The van der Waals surface area contributed by atoms with Crippen LogP contribution >= 0.6 is 0 Å². The van der Waals surface area contributed by atoms with Crippen LogP contribution in [0, 0.1) is 0 Å². The molecule has 0 aliphatic heterocycles. The molecule has 0 aliphatic carbocycles. The molecule has 16 heavy (non-hydrogen) atoms. The van der Waals surface area contributed by atoms with Crippen LogP contribution in [-0.4, -0.2) is 7.11 Å². The van der Waals surface area contributed by atoms with Crippen LogP contribution in [0.1, 0.15) is 11.6 Å². The molecule has 0 saturated heterocycles. The lowest BCUT2D eigenvalue weighted by atomic mass is 9.98. The Morgan fingerprint density at radius 3 is 2.50 bits per heavy atom. The highest BCUT2D eigenvalue weighted by Gasteiger charge is 2.09. The van der Waals surface area contributed by atoms with Gasteiger partial charge in [0.25, 0.3) is 0 Å². The minimum Gasteiger partial charge on any atom is -0.496 e. The maximum absolute atomic E-state index is 5.99. The van der Waals surface area contributed by atoms with E-state index in [4.69, 9.17) is 10.5 Å². The second kappa shape index (κ2) is 4.37. The van der Waals surface area contributed by atoms with Gasteiger partial charge in [-0.05, 0) is 17.0 Å². The van der Waals surface area contributed by atoms with Crippen LogP contribution in [0.4, 0.5) is 0 Å². The number of benzene rings is 2. The normalized spacial score (nSPS) is 12.4. The Balaban J connectivity index is 2.74. The fourth-order valence-electron chi connectivity index (χ4n) is 1.89. The molecule has 0 amide bonds. The van der Waals surface area contributed by atoms with E-state index in [0.717, 1.165) is 22.1 Å². The number of hydrogen-bond donors (Lipinski definition) is 1. The van der Waals surface area contributed by atoms with Crippen molar-refractivity contribution in [3.05, 3.63) is 54.6 Å². The summed E-state index contributed by atoms with van der Waals surface area (Å²) in [6, 6.07) is 11.9. The molecule has 0 unspecified atom stereocenters. The molecule has 0 saturated carbocycles. The molecule has 82 valence electrons. The summed E-state index contributed by atoms with van der Waals surface area (Å²) in [5, 5.41) is 2.20. The van der Waals surface area contributed by atoms with Gasteiger partial charge >= 0.3 is 0 Å². The Labute approximate surface area is 95.3 Å². The largest absolute Gasteiger partial charge is 0.496 e. The van der Waals surface area contributed by atoms with E-state index in [1.165, 1.54) is 0 Å². The SMILES string of the molecule is C=C[C@@H](N)c1ccc(OC)c2ccccc12. The Hall–Kier alpha value is -1.80. The highest BCUT2D eigenvalue weighted by atomic mass is 16.5. The van der Waals surface area contributed by atoms with Gasteiger partial charge < -0.3 is 10.5 Å². The molecule has 1 atom stereocenters. The molecule has 2 nitrogen and oxygen atoms in total. The Bertz CT molecular complexity index is 519. The van der Waals surface area contributed by atoms with Crippen LogP contribution in [0.25, 0.3) is 10.8 Å². The number of rotatable bonds is 3. The molecule has 0 aromatic heterocycles. The van der Waals surface area contributed by atoms with E-state index in [1.807, 2.05) is 30.3 Å². The zero-order valence-corrected chi connectivity index (χ0v) is 9.31. The van der Waals surface area contributed by atoms with E-state index in [0.29, 0.717) is 0 Å². The summed E-state index contributed by atoms with van der Waals surface area (Å²) in [6.07, 6.45) is 1.74. The quantitative estimate of drug-likeness (QED) is 0.795. The molecule has 2 heteroatoms. The molecule has 0 heterocycles. The van der Waals surface area contributed by atoms with Gasteiger partial charge in [-0.25, -0.2) is 0 Å². The monoisotopic (exact) mass is 213 g/mol. The summed E-state index contributed by atoms with van der Waals surface area (Å²) in [5.41, 5.74) is 7.07. The molecule has 0 fully saturated rings. The summed E-state index contributed by atoms with van der Waals surface area (Å²) in [5.74, 6) is 0.871. The number of nitrogens with two attached hydrogens (primary N) is 1. The molecule has 2 N–H and O–H groups in total. The van der Waals surface area contributed by atoms with Crippen molar-refractivity contribution < 1.29 is 4.74 Å². The van der Waals surface area contributed by atoms with Gasteiger partial charge in [0.15, 0.2) is 0 Å². The van der Waals surface area contributed by atoms with Crippen LogP contribution in [0.2, 0.25) is 0 Å². The molecule has 0 aliphatic rings. The number of hydrogen-bond acceptors (Lipinski definition) is 2. The van der Waals surface area contributed by atoms with E-state index >= 15 is 0 Å². The average Bonchev–Trinajstić information content (AvgIpc) is 2.36. The first-order valence-electron chi connectivity index (χ1n) is 5.21. The van der Waals surface area contributed by atoms with Crippen LogP contribution in [0.15, 0.2) is 49.1 Å². The van der Waals surface area contributed by atoms with E-state index in [1.54, 1.807) is 13.2 Å². The summed E-state index contributed by atoms with van der Waals surface area (Å²) in [4.78, 5) is 0. The minimum absolute atomic E-state index is 0.143. The molecule has 0 spiro atoms.